The number of halogens is 3. The first-order chi connectivity index (χ1) is 13.2. The zero-order valence-electron chi connectivity index (χ0n) is 15.9. The number of pyridine rings is 1. The van der Waals surface area contributed by atoms with Crippen molar-refractivity contribution in [2.45, 2.75) is 57.2 Å². The van der Waals surface area contributed by atoms with Gasteiger partial charge in [0.1, 0.15) is 6.67 Å². The van der Waals surface area contributed by atoms with Gasteiger partial charge in [0, 0.05) is 49.6 Å². The number of rotatable bonds is 5. The van der Waals surface area contributed by atoms with Gasteiger partial charge in [-0.15, -0.1) is 0 Å². The first-order valence-electron chi connectivity index (χ1n) is 9.70. The van der Waals surface area contributed by atoms with E-state index in [2.05, 4.69) is 10.1 Å². The normalized spacial score (nSPS) is 21.5. The number of hydrogen-bond acceptors (Lipinski definition) is 4. The molecule has 1 aliphatic heterocycles. The van der Waals surface area contributed by atoms with Crippen molar-refractivity contribution in [2.75, 3.05) is 18.0 Å². The Morgan fingerprint density at radius 1 is 1.18 bits per heavy atom. The highest BCUT2D eigenvalue weighted by Crippen LogP contribution is 2.38. The summed E-state index contributed by atoms with van der Waals surface area (Å²) in [5, 5.41) is 14.2. The van der Waals surface area contributed by atoms with Crippen LogP contribution in [0.5, 0.6) is 0 Å². The van der Waals surface area contributed by atoms with Crippen LogP contribution in [0.15, 0.2) is 24.4 Å². The summed E-state index contributed by atoms with van der Waals surface area (Å²) in [6.45, 7) is 2.17. The van der Waals surface area contributed by atoms with Gasteiger partial charge in [0.25, 0.3) is 0 Å². The third-order valence-corrected chi connectivity index (χ3v) is 5.63. The minimum atomic E-state index is -2.54. The molecule has 28 heavy (non-hydrogen) atoms. The fourth-order valence-electron chi connectivity index (χ4n) is 4.08. The van der Waals surface area contributed by atoms with E-state index in [4.69, 9.17) is 0 Å². The van der Waals surface area contributed by atoms with Crippen LogP contribution in [0.2, 0.25) is 0 Å². The molecule has 0 atom stereocenters. The lowest BCUT2D eigenvalue weighted by molar-refractivity contribution is -0.0457. The van der Waals surface area contributed by atoms with Crippen molar-refractivity contribution in [1.82, 2.24) is 14.8 Å². The summed E-state index contributed by atoms with van der Waals surface area (Å²) >= 11 is 0. The lowest BCUT2D eigenvalue weighted by Gasteiger charge is -2.46. The van der Waals surface area contributed by atoms with Crippen LogP contribution in [0.25, 0.3) is 5.82 Å². The molecule has 4 rings (SSSR count). The maximum absolute atomic E-state index is 13.4. The highest BCUT2D eigenvalue weighted by Gasteiger charge is 2.37. The lowest BCUT2D eigenvalue weighted by atomic mass is 9.84. The molecule has 2 aliphatic rings. The van der Waals surface area contributed by atoms with Crippen LogP contribution in [0.3, 0.4) is 0 Å². The molecule has 8 heteroatoms. The van der Waals surface area contributed by atoms with Crippen molar-refractivity contribution in [3.8, 4) is 5.82 Å². The van der Waals surface area contributed by atoms with Gasteiger partial charge >= 0.3 is 0 Å². The van der Waals surface area contributed by atoms with Crippen molar-refractivity contribution in [2.24, 2.45) is 5.92 Å². The van der Waals surface area contributed by atoms with E-state index in [-0.39, 0.29) is 18.8 Å². The van der Waals surface area contributed by atoms with E-state index in [0.717, 1.165) is 11.4 Å². The van der Waals surface area contributed by atoms with Crippen molar-refractivity contribution >= 4 is 5.69 Å². The molecule has 1 aliphatic carbocycles. The molecule has 152 valence electrons. The van der Waals surface area contributed by atoms with Gasteiger partial charge in [0.2, 0.25) is 5.92 Å². The number of alkyl halides is 3. The number of hydrogen-bond donors (Lipinski definition) is 1. The fraction of sp³-hybridized carbons (Fsp3) is 0.600. The van der Waals surface area contributed by atoms with Crippen molar-refractivity contribution in [3.63, 3.8) is 0 Å². The van der Waals surface area contributed by atoms with Gasteiger partial charge in [-0.1, -0.05) is 0 Å². The van der Waals surface area contributed by atoms with Crippen molar-refractivity contribution in [1.29, 1.82) is 0 Å². The Morgan fingerprint density at radius 3 is 2.50 bits per heavy atom. The highest BCUT2D eigenvalue weighted by atomic mass is 19.3. The summed E-state index contributed by atoms with van der Waals surface area (Å²) in [5.74, 6) is -1.80. The highest BCUT2D eigenvalue weighted by molar-refractivity contribution is 5.55. The monoisotopic (exact) mass is 394 g/mol. The molecule has 0 amide bonds. The van der Waals surface area contributed by atoms with Crippen LogP contribution in [-0.2, 0) is 13.1 Å². The van der Waals surface area contributed by atoms with E-state index < -0.39 is 18.2 Å². The second-order valence-corrected chi connectivity index (χ2v) is 8.42. The molecule has 0 radical (unpaired) electrons. The first-order valence-corrected chi connectivity index (χ1v) is 9.70. The minimum Gasteiger partial charge on any atom is -0.386 e. The summed E-state index contributed by atoms with van der Waals surface area (Å²) in [4.78, 5) is 6.71. The Kier molecular flexibility index (Phi) is 4.85. The molecule has 0 bridgehead atoms. The first kappa shape index (κ1) is 19.2. The smallest absolute Gasteiger partial charge is 0.248 e. The zero-order valence-corrected chi connectivity index (χ0v) is 15.9. The van der Waals surface area contributed by atoms with Gasteiger partial charge in [-0.2, -0.15) is 5.10 Å². The zero-order chi connectivity index (χ0) is 19.9. The Balaban J connectivity index is 1.58. The van der Waals surface area contributed by atoms with Gasteiger partial charge in [0.05, 0.1) is 11.3 Å². The maximum Gasteiger partial charge on any atom is 0.248 e. The maximum atomic E-state index is 13.4. The van der Waals surface area contributed by atoms with E-state index in [9.17, 15) is 18.3 Å². The number of aromatic nitrogens is 3. The Hall–Kier alpha value is -2.09. The molecule has 5 nitrogen and oxygen atoms in total. The van der Waals surface area contributed by atoms with Gasteiger partial charge in [-0.25, -0.2) is 22.8 Å². The predicted octanol–water partition coefficient (Wildman–Crippen LogP) is 3.68. The van der Waals surface area contributed by atoms with Gasteiger partial charge in [-0.3, -0.25) is 0 Å². The molecule has 0 unspecified atom stereocenters. The summed E-state index contributed by atoms with van der Waals surface area (Å²) < 4.78 is 41.3. The summed E-state index contributed by atoms with van der Waals surface area (Å²) in [6, 6.07) is 5.43. The van der Waals surface area contributed by atoms with Crippen LogP contribution >= 0.6 is 0 Å². The Labute approximate surface area is 162 Å². The molecule has 1 saturated heterocycles. The summed E-state index contributed by atoms with van der Waals surface area (Å²) in [7, 11) is 0. The molecular weight excluding hydrogens is 369 g/mol. The molecule has 0 aromatic carbocycles. The third-order valence-electron chi connectivity index (χ3n) is 5.63. The van der Waals surface area contributed by atoms with Crippen LogP contribution < -0.4 is 4.90 Å². The Morgan fingerprint density at radius 2 is 1.89 bits per heavy atom. The molecule has 3 heterocycles. The van der Waals surface area contributed by atoms with Crippen molar-refractivity contribution in [3.05, 3.63) is 35.8 Å². The quantitative estimate of drug-likeness (QED) is 0.841. The average molecular weight is 394 g/mol. The molecule has 2 fully saturated rings. The van der Waals surface area contributed by atoms with Crippen LogP contribution in [0, 0.1) is 5.92 Å². The van der Waals surface area contributed by atoms with Crippen molar-refractivity contribution < 1.29 is 18.3 Å². The van der Waals surface area contributed by atoms with Gasteiger partial charge in [-0.05, 0) is 44.2 Å². The van der Waals surface area contributed by atoms with E-state index >= 15 is 0 Å². The standard InChI is InChI=1S/C20H25F3N4O/c1-19(28)12-26(13-19)17-9-16(8-14-2-5-20(22,23)6-3-14)24-18(10-17)27-7-4-15(11-21)25-27/h4,7,9-10,14,28H,2-3,5-6,8,11-13H2,1H3. The molecule has 1 N–H and O–H groups in total. The van der Waals surface area contributed by atoms with E-state index in [1.807, 2.05) is 17.0 Å². The third kappa shape index (κ3) is 4.16. The van der Waals surface area contributed by atoms with E-state index in [1.54, 1.807) is 19.2 Å². The number of β-amino-alcohol motifs (C(OH)–C–C–N with tert-alkyl or cyclic N) is 1. The Bertz CT molecular complexity index is 834. The second kappa shape index (κ2) is 7.06. The number of aliphatic hydroxyl groups is 1. The lowest BCUT2D eigenvalue weighted by Crippen LogP contribution is -2.60. The molecular formula is C20H25F3N4O. The molecule has 1 saturated carbocycles. The number of anilines is 1. The van der Waals surface area contributed by atoms with Gasteiger partial charge in [0.15, 0.2) is 5.82 Å². The number of nitrogens with zero attached hydrogens (tertiary/aromatic N) is 4. The summed E-state index contributed by atoms with van der Waals surface area (Å²) in [6.07, 6.45) is 3.12. The minimum absolute atomic E-state index is 0.0712. The van der Waals surface area contributed by atoms with Crippen LogP contribution in [-0.4, -0.2) is 44.5 Å². The SMILES string of the molecule is CC1(O)CN(c2cc(CC3CCC(F)(F)CC3)nc(-n3ccc(CF)n3)c2)C1. The summed E-state index contributed by atoms with van der Waals surface area (Å²) in [5.41, 5.74) is 1.33. The second-order valence-electron chi connectivity index (χ2n) is 8.42. The largest absolute Gasteiger partial charge is 0.386 e. The van der Waals surface area contributed by atoms with Crippen LogP contribution in [0.1, 0.15) is 44.0 Å². The van der Waals surface area contributed by atoms with Gasteiger partial charge < -0.3 is 10.0 Å². The fourth-order valence-corrected chi connectivity index (χ4v) is 4.08. The van der Waals surface area contributed by atoms with Crippen LogP contribution in [0.4, 0.5) is 18.9 Å². The van der Waals surface area contributed by atoms with E-state index in [0.29, 0.717) is 43.9 Å². The van der Waals surface area contributed by atoms with E-state index in [1.165, 1.54) is 4.68 Å². The average Bonchev–Trinajstić information content (AvgIpc) is 3.10. The predicted molar refractivity (Wildman–Crippen MR) is 99.6 cm³/mol. The molecule has 2 aromatic rings. The topological polar surface area (TPSA) is 54.2 Å². The molecule has 0 spiro atoms. The molecule has 2 aromatic heterocycles.